The number of likely N-dealkylation sites (tertiary alicyclic amines) is 1. The van der Waals surface area contributed by atoms with Gasteiger partial charge in [-0.15, -0.1) is 5.10 Å². The maximum atomic E-state index is 4.40. The molecule has 1 aliphatic rings. The van der Waals surface area contributed by atoms with Crippen LogP contribution in [-0.4, -0.2) is 53.9 Å². The van der Waals surface area contributed by atoms with Crippen LogP contribution in [0.15, 0.2) is 12.1 Å². The fourth-order valence-corrected chi connectivity index (χ4v) is 2.63. The van der Waals surface area contributed by atoms with E-state index in [4.69, 9.17) is 0 Å². The number of hydrogen-bond donors (Lipinski definition) is 1. The number of likely N-dealkylation sites (N-methyl/N-ethyl adjacent to an activating group) is 2. The summed E-state index contributed by atoms with van der Waals surface area (Å²) >= 11 is 0. The number of aromatic nitrogens is 2. The highest BCUT2D eigenvalue weighted by Crippen LogP contribution is 2.18. The van der Waals surface area contributed by atoms with Crippen LogP contribution in [0.3, 0.4) is 0 Å². The topological polar surface area (TPSA) is 44.3 Å². The molecular formula is C16H29N5. The van der Waals surface area contributed by atoms with Crippen LogP contribution in [0.5, 0.6) is 0 Å². The maximum Gasteiger partial charge on any atom is 0.151 e. The Morgan fingerprint density at radius 2 is 2.10 bits per heavy atom. The number of nitrogens with one attached hydrogen (secondary N) is 1. The SMILES string of the molecule is CN1CCCC(N(C)c2ccc(CNC(C)(C)C)nn2)C1. The average molecular weight is 291 g/mol. The van der Waals surface area contributed by atoms with Gasteiger partial charge in [0.25, 0.3) is 0 Å². The predicted molar refractivity (Wildman–Crippen MR) is 87.5 cm³/mol. The average Bonchev–Trinajstić information content (AvgIpc) is 2.44. The van der Waals surface area contributed by atoms with E-state index in [0.29, 0.717) is 6.04 Å². The summed E-state index contributed by atoms with van der Waals surface area (Å²) in [6, 6.07) is 4.70. The Labute approximate surface area is 128 Å². The molecule has 0 bridgehead atoms. The van der Waals surface area contributed by atoms with Crippen LogP contribution in [0.1, 0.15) is 39.3 Å². The molecule has 118 valence electrons. The first-order valence-electron chi connectivity index (χ1n) is 7.84. The lowest BCUT2D eigenvalue weighted by atomic mass is 10.1. The maximum absolute atomic E-state index is 4.40. The summed E-state index contributed by atoms with van der Waals surface area (Å²) in [4.78, 5) is 4.66. The van der Waals surface area contributed by atoms with Crippen LogP contribution >= 0.6 is 0 Å². The van der Waals surface area contributed by atoms with E-state index in [-0.39, 0.29) is 5.54 Å². The fourth-order valence-electron chi connectivity index (χ4n) is 2.63. The summed E-state index contributed by atoms with van der Waals surface area (Å²) in [5.74, 6) is 0.967. The van der Waals surface area contributed by atoms with E-state index in [2.05, 4.69) is 72.3 Å². The molecule has 1 aromatic heterocycles. The molecule has 0 radical (unpaired) electrons. The highest BCUT2D eigenvalue weighted by atomic mass is 15.3. The van der Waals surface area contributed by atoms with Gasteiger partial charge in [-0.05, 0) is 59.3 Å². The molecule has 5 heteroatoms. The van der Waals surface area contributed by atoms with Gasteiger partial charge < -0.3 is 15.1 Å². The van der Waals surface area contributed by atoms with Gasteiger partial charge in [0.1, 0.15) is 0 Å². The highest BCUT2D eigenvalue weighted by molar-refractivity contribution is 5.37. The second-order valence-corrected chi connectivity index (χ2v) is 7.16. The molecule has 1 N–H and O–H groups in total. The van der Waals surface area contributed by atoms with Gasteiger partial charge in [0.05, 0.1) is 5.69 Å². The molecule has 1 saturated heterocycles. The third-order valence-electron chi connectivity index (χ3n) is 4.01. The van der Waals surface area contributed by atoms with Crippen molar-refractivity contribution in [1.29, 1.82) is 0 Å². The molecule has 1 atom stereocenters. The number of rotatable bonds is 4. The van der Waals surface area contributed by atoms with Gasteiger partial charge in [0.2, 0.25) is 0 Å². The van der Waals surface area contributed by atoms with Crippen molar-refractivity contribution in [2.45, 2.75) is 51.7 Å². The lowest BCUT2D eigenvalue weighted by Crippen LogP contribution is -2.45. The van der Waals surface area contributed by atoms with Crippen molar-refractivity contribution >= 4 is 5.82 Å². The van der Waals surface area contributed by atoms with Crippen LogP contribution in [0, 0.1) is 0 Å². The molecule has 0 aliphatic carbocycles. The van der Waals surface area contributed by atoms with Crippen LogP contribution < -0.4 is 10.2 Å². The van der Waals surface area contributed by atoms with Gasteiger partial charge >= 0.3 is 0 Å². The minimum Gasteiger partial charge on any atom is -0.354 e. The van der Waals surface area contributed by atoms with Gasteiger partial charge in [-0.2, -0.15) is 5.10 Å². The van der Waals surface area contributed by atoms with Crippen molar-refractivity contribution in [3.63, 3.8) is 0 Å². The molecule has 0 spiro atoms. The molecule has 1 aliphatic heterocycles. The first kappa shape index (κ1) is 16.2. The fraction of sp³-hybridized carbons (Fsp3) is 0.750. The molecular weight excluding hydrogens is 262 g/mol. The zero-order chi connectivity index (χ0) is 15.5. The monoisotopic (exact) mass is 291 g/mol. The lowest BCUT2D eigenvalue weighted by molar-refractivity contribution is 0.247. The Morgan fingerprint density at radius 1 is 1.33 bits per heavy atom. The zero-order valence-electron chi connectivity index (χ0n) is 14.1. The number of nitrogens with zero attached hydrogens (tertiary/aromatic N) is 4. The first-order chi connectivity index (χ1) is 9.85. The van der Waals surface area contributed by atoms with Crippen LogP contribution in [0.2, 0.25) is 0 Å². The molecule has 5 nitrogen and oxygen atoms in total. The second kappa shape index (κ2) is 6.71. The summed E-state index contributed by atoms with van der Waals surface area (Å²) in [5.41, 5.74) is 1.09. The van der Waals surface area contributed by atoms with Crippen molar-refractivity contribution in [2.24, 2.45) is 0 Å². The van der Waals surface area contributed by atoms with Crippen molar-refractivity contribution in [1.82, 2.24) is 20.4 Å². The normalized spacial score (nSPS) is 20.5. The highest BCUT2D eigenvalue weighted by Gasteiger charge is 2.22. The van der Waals surface area contributed by atoms with Gasteiger partial charge in [0, 0.05) is 31.7 Å². The van der Waals surface area contributed by atoms with E-state index in [1.54, 1.807) is 0 Å². The molecule has 0 aromatic carbocycles. The molecule has 0 amide bonds. The molecule has 0 saturated carbocycles. The number of piperidine rings is 1. The van der Waals surface area contributed by atoms with E-state index in [1.165, 1.54) is 19.4 Å². The van der Waals surface area contributed by atoms with Crippen molar-refractivity contribution in [2.75, 3.05) is 32.1 Å². The molecule has 1 fully saturated rings. The Balaban J connectivity index is 1.94. The molecule has 2 rings (SSSR count). The van der Waals surface area contributed by atoms with Crippen molar-refractivity contribution in [3.8, 4) is 0 Å². The van der Waals surface area contributed by atoms with Crippen molar-refractivity contribution in [3.05, 3.63) is 17.8 Å². The smallest absolute Gasteiger partial charge is 0.151 e. The molecule has 1 aromatic rings. The van der Waals surface area contributed by atoms with Crippen LogP contribution in [0.25, 0.3) is 0 Å². The van der Waals surface area contributed by atoms with E-state index in [1.807, 2.05) is 0 Å². The zero-order valence-corrected chi connectivity index (χ0v) is 14.1. The van der Waals surface area contributed by atoms with E-state index >= 15 is 0 Å². The first-order valence-corrected chi connectivity index (χ1v) is 7.84. The predicted octanol–water partition coefficient (Wildman–Crippen LogP) is 1.90. The van der Waals surface area contributed by atoms with E-state index in [9.17, 15) is 0 Å². The third-order valence-corrected chi connectivity index (χ3v) is 4.01. The van der Waals surface area contributed by atoms with E-state index < -0.39 is 0 Å². The molecule has 1 unspecified atom stereocenters. The van der Waals surface area contributed by atoms with Crippen LogP contribution in [0.4, 0.5) is 5.82 Å². The van der Waals surface area contributed by atoms with E-state index in [0.717, 1.165) is 24.6 Å². The minimum absolute atomic E-state index is 0.101. The summed E-state index contributed by atoms with van der Waals surface area (Å²) in [7, 11) is 4.31. The largest absolute Gasteiger partial charge is 0.354 e. The summed E-state index contributed by atoms with van der Waals surface area (Å²) < 4.78 is 0. The van der Waals surface area contributed by atoms with Gasteiger partial charge in [0.15, 0.2) is 5.82 Å². The van der Waals surface area contributed by atoms with Crippen molar-refractivity contribution < 1.29 is 0 Å². The Morgan fingerprint density at radius 3 is 2.67 bits per heavy atom. The summed E-state index contributed by atoms with van der Waals surface area (Å²) in [6.45, 7) is 9.53. The summed E-state index contributed by atoms with van der Waals surface area (Å²) in [5, 5.41) is 12.2. The van der Waals surface area contributed by atoms with Gasteiger partial charge in [-0.25, -0.2) is 0 Å². The second-order valence-electron chi connectivity index (χ2n) is 7.16. The minimum atomic E-state index is 0.101. The lowest BCUT2D eigenvalue weighted by Gasteiger charge is -2.36. The number of anilines is 1. The Hall–Kier alpha value is -1.20. The quantitative estimate of drug-likeness (QED) is 0.918. The van der Waals surface area contributed by atoms with Gasteiger partial charge in [-0.3, -0.25) is 0 Å². The Kier molecular flexibility index (Phi) is 5.17. The van der Waals surface area contributed by atoms with Gasteiger partial charge in [-0.1, -0.05) is 0 Å². The Bertz CT molecular complexity index is 437. The molecule has 21 heavy (non-hydrogen) atoms. The third kappa shape index (κ3) is 4.93. The standard InChI is InChI=1S/C16H29N5/c1-16(2,3)17-11-13-8-9-15(19-18-13)21(5)14-7-6-10-20(4)12-14/h8-9,14,17H,6-7,10-12H2,1-5H3. The molecule has 2 heterocycles. The number of hydrogen-bond acceptors (Lipinski definition) is 5. The summed E-state index contributed by atoms with van der Waals surface area (Å²) in [6.07, 6.45) is 2.49. The van der Waals surface area contributed by atoms with Crippen LogP contribution in [-0.2, 0) is 6.54 Å².